The number of nitrogens with zero attached hydrogens (tertiary/aromatic N) is 1. The lowest BCUT2D eigenvalue weighted by atomic mass is 10.1. The van der Waals surface area contributed by atoms with Gasteiger partial charge in [-0.25, -0.2) is 0 Å². The average Bonchev–Trinajstić information content (AvgIpc) is 2.42. The van der Waals surface area contributed by atoms with Gasteiger partial charge < -0.3 is 9.57 Å². The third kappa shape index (κ3) is 6.17. The highest BCUT2D eigenvalue weighted by molar-refractivity contribution is 9.09. The number of hydrogen-bond acceptors (Lipinski definition) is 3. The zero-order chi connectivity index (χ0) is 13.1. The third-order valence-corrected chi connectivity index (χ3v) is 2.79. The van der Waals surface area contributed by atoms with E-state index in [1.165, 1.54) is 0 Å². The van der Waals surface area contributed by atoms with Crippen LogP contribution in [0.5, 0.6) is 0 Å². The molecule has 0 N–H and O–H groups in total. The Hall–Kier alpha value is -0.870. The molecule has 0 aliphatic carbocycles. The predicted molar refractivity (Wildman–Crippen MR) is 78.5 cm³/mol. The van der Waals surface area contributed by atoms with E-state index in [1.54, 1.807) is 7.11 Å². The van der Waals surface area contributed by atoms with Gasteiger partial charge in [0.1, 0.15) is 6.61 Å². The van der Waals surface area contributed by atoms with Crippen LogP contribution in [0, 0.1) is 0 Å². The lowest BCUT2D eigenvalue weighted by Crippen LogP contribution is -2.04. The van der Waals surface area contributed by atoms with Gasteiger partial charge in [0.25, 0.3) is 0 Å². The topological polar surface area (TPSA) is 30.8 Å². The first-order valence-electron chi connectivity index (χ1n) is 6.17. The summed E-state index contributed by atoms with van der Waals surface area (Å²) in [6.45, 7) is 1.39. The molecule has 0 fully saturated rings. The largest absolute Gasteiger partial charge is 0.395 e. The molecule has 0 heterocycles. The number of hydrogen-bond donors (Lipinski definition) is 0. The Morgan fingerprint density at radius 1 is 1.17 bits per heavy atom. The number of halogens is 1. The molecular formula is C14H20BrNO2. The fourth-order valence-corrected chi connectivity index (χ4v) is 1.71. The van der Waals surface area contributed by atoms with E-state index >= 15 is 0 Å². The summed E-state index contributed by atoms with van der Waals surface area (Å²) in [6, 6.07) is 10.2. The van der Waals surface area contributed by atoms with Crippen LogP contribution in [0.15, 0.2) is 35.5 Å². The first kappa shape index (κ1) is 15.2. The summed E-state index contributed by atoms with van der Waals surface area (Å²) in [6.07, 6.45) is 3.01. The Balaban J connectivity index is 2.55. The van der Waals surface area contributed by atoms with E-state index in [4.69, 9.17) is 9.57 Å². The van der Waals surface area contributed by atoms with Gasteiger partial charge in [-0.05, 0) is 24.8 Å². The highest BCUT2D eigenvalue weighted by Crippen LogP contribution is 2.09. The Morgan fingerprint density at radius 2 is 1.94 bits per heavy atom. The number of ether oxygens (including phenoxy) is 1. The van der Waals surface area contributed by atoms with Crippen LogP contribution in [0.4, 0.5) is 0 Å². The minimum atomic E-state index is 0.592. The van der Waals surface area contributed by atoms with E-state index in [1.807, 2.05) is 18.2 Å². The summed E-state index contributed by atoms with van der Waals surface area (Å²) in [4.78, 5) is 5.27. The summed E-state index contributed by atoms with van der Waals surface area (Å²) in [5, 5.41) is 5.02. The van der Waals surface area contributed by atoms with Crippen molar-refractivity contribution >= 4 is 21.6 Å². The van der Waals surface area contributed by atoms with E-state index < -0.39 is 0 Å². The second kappa shape index (κ2) is 10.1. The van der Waals surface area contributed by atoms with Crippen molar-refractivity contribution in [3.63, 3.8) is 0 Å². The van der Waals surface area contributed by atoms with Gasteiger partial charge in [-0.2, -0.15) is 0 Å². The van der Waals surface area contributed by atoms with Gasteiger partial charge in [-0.3, -0.25) is 0 Å². The molecule has 0 saturated carbocycles. The lowest BCUT2D eigenvalue weighted by Gasteiger charge is -2.06. The van der Waals surface area contributed by atoms with Crippen LogP contribution in [0.1, 0.15) is 24.8 Å². The van der Waals surface area contributed by atoms with Crippen LogP contribution in [-0.2, 0) is 9.57 Å². The third-order valence-electron chi connectivity index (χ3n) is 2.46. The van der Waals surface area contributed by atoms with Gasteiger partial charge in [-0.15, -0.1) is 0 Å². The van der Waals surface area contributed by atoms with Crippen molar-refractivity contribution in [3.8, 4) is 0 Å². The van der Waals surface area contributed by atoms with Crippen LogP contribution in [0.2, 0.25) is 0 Å². The van der Waals surface area contributed by atoms with Crippen molar-refractivity contribution < 1.29 is 9.57 Å². The molecule has 0 aromatic heterocycles. The number of unbranched alkanes of at least 4 members (excludes halogenated alkanes) is 1. The Morgan fingerprint density at radius 3 is 2.61 bits per heavy atom. The van der Waals surface area contributed by atoms with Gasteiger partial charge in [0, 0.05) is 19.0 Å². The molecular weight excluding hydrogens is 294 g/mol. The lowest BCUT2D eigenvalue weighted by molar-refractivity contribution is 0.161. The first-order chi connectivity index (χ1) is 8.88. The van der Waals surface area contributed by atoms with Crippen LogP contribution in [-0.4, -0.2) is 31.4 Å². The average molecular weight is 314 g/mol. The maximum Gasteiger partial charge on any atom is 0.126 e. The molecule has 0 atom stereocenters. The van der Waals surface area contributed by atoms with E-state index in [0.717, 1.165) is 42.5 Å². The van der Waals surface area contributed by atoms with Crippen molar-refractivity contribution in [1.82, 2.24) is 0 Å². The maximum atomic E-state index is 5.27. The maximum absolute atomic E-state index is 5.27. The first-order valence-corrected chi connectivity index (χ1v) is 7.29. The molecule has 4 heteroatoms. The number of rotatable bonds is 9. The quantitative estimate of drug-likeness (QED) is 0.302. The molecule has 1 aromatic carbocycles. The normalized spacial score (nSPS) is 11.6. The monoisotopic (exact) mass is 313 g/mol. The SMILES string of the molecule is COCCCC/C(=N/OCCBr)c1ccccc1. The van der Waals surface area contributed by atoms with Crippen LogP contribution < -0.4 is 0 Å². The van der Waals surface area contributed by atoms with Crippen molar-refractivity contribution in [2.45, 2.75) is 19.3 Å². The zero-order valence-electron chi connectivity index (χ0n) is 10.8. The second-order valence-electron chi connectivity index (χ2n) is 3.88. The molecule has 0 spiro atoms. The van der Waals surface area contributed by atoms with E-state index in [-0.39, 0.29) is 0 Å². The van der Waals surface area contributed by atoms with Crippen molar-refractivity contribution in [1.29, 1.82) is 0 Å². The molecule has 0 amide bonds. The molecule has 3 nitrogen and oxygen atoms in total. The molecule has 18 heavy (non-hydrogen) atoms. The molecule has 0 aliphatic rings. The highest BCUT2D eigenvalue weighted by atomic mass is 79.9. The molecule has 0 aliphatic heterocycles. The van der Waals surface area contributed by atoms with Crippen molar-refractivity contribution in [2.24, 2.45) is 5.16 Å². The number of oxime groups is 1. The predicted octanol–water partition coefficient (Wildman–Crippen LogP) is 3.62. The minimum Gasteiger partial charge on any atom is -0.395 e. The van der Waals surface area contributed by atoms with Crippen LogP contribution >= 0.6 is 15.9 Å². The second-order valence-corrected chi connectivity index (χ2v) is 4.67. The number of alkyl halides is 1. The molecule has 0 radical (unpaired) electrons. The minimum absolute atomic E-state index is 0.592. The summed E-state index contributed by atoms with van der Waals surface area (Å²) in [7, 11) is 1.73. The summed E-state index contributed by atoms with van der Waals surface area (Å²) < 4.78 is 5.05. The zero-order valence-corrected chi connectivity index (χ0v) is 12.4. The van der Waals surface area contributed by atoms with Crippen LogP contribution in [0.25, 0.3) is 0 Å². The van der Waals surface area contributed by atoms with Gasteiger partial charge in [-0.1, -0.05) is 51.4 Å². The van der Waals surface area contributed by atoms with E-state index in [2.05, 4.69) is 33.2 Å². The highest BCUT2D eigenvalue weighted by Gasteiger charge is 2.04. The van der Waals surface area contributed by atoms with Crippen LogP contribution in [0.3, 0.4) is 0 Å². The number of benzene rings is 1. The molecule has 100 valence electrons. The fraction of sp³-hybridized carbons (Fsp3) is 0.500. The van der Waals surface area contributed by atoms with Gasteiger partial charge >= 0.3 is 0 Å². The Kier molecular flexibility index (Phi) is 8.51. The number of methoxy groups -OCH3 is 1. The van der Waals surface area contributed by atoms with Crippen molar-refractivity contribution in [2.75, 3.05) is 25.7 Å². The molecule has 0 saturated heterocycles. The molecule has 0 bridgehead atoms. The van der Waals surface area contributed by atoms with E-state index in [9.17, 15) is 0 Å². The summed E-state index contributed by atoms with van der Waals surface area (Å²) >= 11 is 3.32. The Bertz CT molecular complexity index is 341. The standard InChI is InChI=1S/C14H20BrNO2/c1-17-11-6-5-9-14(16-18-12-10-15)13-7-3-2-4-8-13/h2-4,7-8H,5-6,9-12H2,1H3/b16-14-. The molecule has 1 rings (SSSR count). The van der Waals surface area contributed by atoms with Gasteiger partial charge in [0.15, 0.2) is 0 Å². The van der Waals surface area contributed by atoms with Gasteiger partial charge in [0.05, 0.1) is 5.71 Å². The summed E-state index contributed by atoms with van der Waals surface area (Å²) in [5.74, 6) is 0. The molecule has 1 aromatic rings. The summed E-state index contributed by atoms with van der Waals surface area (Å²) in [5.41, 5.74) is 2.14. The van der Waals surface area contributed by atoms with Gasteiger partial charge in [0.2, 0.25) is 0 Å². The Labute approximate surface area is 117 Å². The molecule has 0 unspecified atom stereocenters. The van der Waals surface area contributed by atoms with E-state index in [0.29, 0.717) is 6.61 Å². The fourth-order valence-electron chi connectivity index (χ4n) is 1.57. The van der Waals surface area contributed by atoms with Crippen molar-refractivity contribution in [3.05, 3.63) is 35.9 Å². The smallest absolute Gasteiger partial charge is 0.126 e.